The number of carbonyl (C=O) groups excluding carboxylic acids is 2. The van der Waals surface area contributed by atoms with Gasteiger partial charge in [0.15, 0.2) is 0 Å². The number of rotatable bonds is 13. The molecule has 0 aliphatic heterocycles. The molecule has 0 aromatic heterocycles. The first-order valence-corrected chi connectivity index (χ1v) is 12.8. The third-order valence-corrected chi connectivity index (χ3v) is 6.40. The maximum atomic E-state index is 13.1. The van der Waals surface area contributed by atoms with Gasteiger partial charge in [0.2, 0.25) is 11.8 Å². The van der Waals surface area contributed by atoms with E-state index in [1.807, 2.05) is 50.2 Å². The zero-order valence-corrected chi connectivity index (χ0v) is 21.9. The van der Waals surface area contributed by atoms with Crippen molar-refractivity contribution in [2.75, 3.05) is 18.5 Å². The molecule has 0 heterocycles. The zero-order chi connectivity index (χ0) is 27.5. The SMILES string of the molecule is CC(C)C(NC(=O)C(CO)Nc1cccc(C(=N)N)c1)C(=O)NCCC(c1ccccc1)c1ccccc1. The minimum Gasteiger partial charge on any atom is -0.394 e. The van der Waals surface area contributed by atoms with E-state index in [9.17, 15) is 14.7 Å². The van der Waals surface area contributed by atoms with Gasteiger partial charge in [-0.3, -0.25) is 15.0 Å². The first-order valence-electron chi connectivity index (χ1n) is 12.8. The number of nitrogen functional groups attached to an aromatic ring is 1. The number of aliphatic hydroxyl groups is 1. The van der Waals surface area contributed by atoms with E-state index in [1.54, 1.807) is 24.3 Å². The fourth-order valence-corrected chi connectivity index (χ4v) is 4.31. The minimum atomic E-state index is -0.980. The normalized spacial score (nSPS) is 12.6. The molecule has 38 heavy (non-hydrogen) atoms. The average Bonchev–Trinajstić information content (AvgIpc) is 2.93. The second-order valence-electron chi connectivity index (χ2n) is 9.56. The van der Waals surface area contributed by atoms with E-state index in [2.05, 4.69) is 40.2 Å². The summed E-state index contributed by atoms with van der Waals surface area (Å²) in [6.45, 7) is 3.68. The van der Waals surface area contributed by atoms with E-state index < -0.39 is 24.6 Å². The Balaban J connectivity index is 1.62. The van der Waals surface area contributed by atoms with Crippen LogP contribution in [0.1, 0.15) is 42.9 Å². The van der Waals surface area contributed by atoms with Gasteiger partial charge in [-0.15, -0.1) is 0 Å². The molecule has 0 saturated carbocycles. The Kier molecular flexibility index (Phi) is 10.4. The maximum Gasteiger partial charge on any atom is 0.245 e. The molecular formula is C30H37N5O3. The molecule has 2 amide bonds. The van der Waals surface area contributed by atoms with Crippen molar-refractivity contribution in [3.8, 4) is 0 Å². The van der Waals surface area contributed by atoms with Crippen molar-refractivity contribution >= 4 is 23.3 Å². The number of nitrogens with two attached hydrogens (primary N) is 1. The summed E-state index contributed by atoms with van der Waals surface area (Å²) >= 11 is 0. The van der Waals surface area contributed by atoms with Crippen molar-refractivity contribution in [1.29, 1.82) is 5.41 Å². The highest BCUT2D eigenvalue weighted by atomic mass is 16.3. The second kappa shape index (κ2) is 13.9. The fraction of sp³-hybridized carbons (Fsp3) is 0.300. The number of amides is 2. The van der Waals surface area contributed by atoms with Crippen molar-refractivity contribution in [3.63, 3.8) is 0 Å². The molecule has 3 aromatic carbocycles. The number of benzene rings is 3. The molecule has 7 N–H and O–H groups in total. The lowest BCUT2D eigenvalue weighted by molar-refractivity contribution is -0.130. The Morgan fingerprint density at radius 2 is 1.50 bits per heavy atom. The summed E-state index contributed by atoms with van der Waals surface area (Å²) in [5, 5.41) is 26.2. The molecule has 3 rings (SSSR count). The first kappa shape index (κ1) is 28.4. The number of carbonyl (C=O) groups is 2. The van der Waals surface area contributed by atoms with Crippen LogP contribution in [-0.2, 0) is 9.59 Å². The topological polar surface area (TPSA) is 140 Å². The van der Waals surface area contributed by atoms with E-state index in [4.69, 9.17) is 11.1 Å². The average molecular weight is 516 g/mol. The van der Waals surface area contributed by atoms with Crippen LogP contribution in [0.3, 0.4) is 0 Å². The predicted molar refractivity (Wildman–Crippen MR) is 151 cm³/mol. The van der Waals surface area contributed by atoms with Gasteiger partial charge in [0.05, 0.1) is 6.61 Å². The molecule has 0 saturated heterocycles. The fourth-order valence-electron chi connectivity index (χ4n) is 4.31. The largest absolute Gasteiger partial charge is 0.394 e. The van der Waals surface area contributed by atoms with Crippen molar-refractivity contribution in [3.05, 3.63) is 102 Å². The van der Waals surface area contributed by atoms with Crippen LogP contribution >= 0.6 is 0 Å². The van der Waals surface area contributed by atoms with Crippen molar-refractivity contribution in [2.45, 2.75) is 38.3 Å². The van der Waals surface area contributed by atoms with Gasteiger partial charge in [0.1, 0.15) is 17.9 Å². The third-order valence-electron chi connectivity index (χ3n) is 6.40. The Bertz CT molecular complexity index is 1160. The van der Waals surface area contributed by atoms with Crippen LogP contribution in [0.4, 0.5) is 5.69 Å². The Labute approximate surface area is 224 Å². The highest BCUT2D eigenvalue weighted by Gasteiger charge is 2.28. The summed E-state index contributed by atoms with van der Waals surface area (Å²) in [7, 11) is 0. The highest BCUT2D eigenvalue weighted by Crippen LogP contribution is 2.27. The van der Waals surface area contributed by atoms with Gasteiger partial charge >= 0.3 is 0 Å². The van der Waals surface area contributed by atoms with Gasteiger partial charge in [0, 0.05) is 23.7 Å². The molecule has 200 valence electrons. The molecule has 8 heteroatoms. The molecule has 0 spiro atoms. The van der Waals surface area contributed by atoms with Gasteiger partial charge in [-0.25, -0.2) is 0 Å². The predicted octanol–water partition coefficient (Wildman–Crippen LogP) is 3.22. The number of hydrogen-bond donors (Lipinski definition) is 6. The molecule has 0 bridgehead atoms. The second-order valence-corrected chi connectivity index (χ2v) is 9.56. The van der Waals surface area contributed by atoms with Crippen LogP contribution in [0.15, 0.2) is 84.9 Å². The van der Waals surface area contributed by atoms with Gasteiger partial charge in [-0.2, -0.15) is 0 Å². The monoisotopic (exact) mass is 515 g/mol. The highest BCUT2D eigenvalue weighted by molar-refractivity contribution is 5.96. The summed E-state index contributed by atoms with van der Waals surface area (Å²) in [5.41, 5.74) is 8.92. The van der Waals surface area contributed by atoms with E-state index in [1.165, 1.54) is 11.1 Å². The third kappa shape index (κ3) is 7.91. The molecule has 2 unspecified atom stereocenters. The van der Waals surface area contributed by atoms with Crippen LogP contribution in [0.25, 0.3) is 0 Å². The van der Waals surface area contributed by atoms with Gasteiger partial charge in [-0.05, 0) is 35.6 Å². The molecule has 0 fully saturated rings. The lowest BCUT2D eigenvalue weighted by atomic mass is 9.88. The van der Waals surface area contributed by atoms with Gasteiger partial charge in [0.25, 0.3) is 0 Å². The number of aliphatic hydroxyl groups excluding tert-OH is 1. The summed E-state index contributed by atoms with van der Waals surface area (Å²) in [4.78, 5) is 26.1. The maximum absolute atomic E-state index is 13.1. The lowest BCUT2D eigenvalue weighted by Gasteiger charge is -2.25. The van der Waals surface area contributed by atoms with Crippen LogP contribution in [0.5, 0.6) is 0 Å². The lowest BCUT2D eigenvalue weighted by Crippen LogP contribution is -2.54. The smallest absolute Gasteiger partial charge is 0.245 e. The quantitative estimate of drug-likeness (QED) is 0.153. The van der Waals surface area contributed by atoms with Gasteiger partial charge in [-0.1, -0.05) is 86.6 Å². The summed E-state index contributed by atoms with van der Waals surface area (Å²) in [6, 6.07) is 25.3. The van der Waals surface area contributed by atoms with Gasteiger partial charge < -0.3 is 26.8 Å². The zero-order valence-electron chi connectivity index (χ0n) is 21.9. The van der Waals surface area contributed by atoms with E-state index in [0.717, 1.165) is 0 Å². The summed E-state index contributed by atoms with van der Waals surface area (Å²) in [6.07, 6.45) is 0.700. The Morgan fingerprint density at radius 3 is 2.03 bits per heavy atom. The molecule has 8 nitrogen and oxygen atoms in total. The Morgan fingerprint density at radius 1 is 0.895 bits per heavy atom. The van der Waals surface area contributed by atoms with E-state index in [0.29, 0.717) is 24.2 Å². The molecule has 2 atom stereocenters. The minimum absolute atomic E-state index is 0.100. The van der Waals surface area contributed by atoms with Crippen LogP contribution < -0.4 is 21.7 Å². The molecule has 0 radical (unpaired) electrons. The van der Waals surface area contributed by atoms with Crippen molar-refractivity contribution in [2.24, 2.45) is 11.7 Å². The number of nitrogens with one attached hydrogen (secondary N) is 4. The standard InChI is InChI=1S/C30H37N5O3/c1-20(2)27(35-29(37)26(19-36)34-24-15-9-14-23(18-24)28(31)32)30(38)33-17-16-25(21-10-5-3-6-11-21)22-12-7-4-8-13-22/h3-15,18,20,25-27,34,36H,16-17,19H2,1-2H3,(H3,31,32)(H,33,38)(H,35,37). The number of amidine groups is 1. The molecule has 0 aliphatic rings. The summed E-state index contributed by atoms with van der Waals surface area (Å²) < 4.78 is 0. The van der Waals surface area contributed by atoms with Crippen LogP contribution in [0.2, 0.25) is 0 Å². The summed E-state index contributed by atoms with van der Waals surface area (Å²) in [5.74, 6) is -0.918. The van der Waals surface area contributed by atoms with Crippen molar-refractivity contribution < 1.29 is 14.7 Å². The first-order chi connectivity index (χ1) is 18.3. The molecule has 0 aliphatic carbocycles. The van der Waals surface area contributed by atoms with E-state index >= 15 is 0 Å². The molecule has 3 aromatic rings. The van der Waals surface area contributed by atoms with Crippen molar-refractivity contribution in [1.82, 2.24) is 10.6 Å². The number of anilines is 1. The Hall–Kier alpha value is -4.17. The number of hydrogen-bond acceptors (Lipinski definition) is 5. The van der Waals surface area contributed by atoms with Crippen LogP contribution in [-0.4, -0.2) is 48.0 Å². The van der Waals surface area contributed by atoms with Crippen LogP contribution in [0, 0.1) is 11.3 Å². The molecular weight excluding hydrogens is 478 g/mol. The van der Waals surface area contributed by atoms with E-state index in [-0.39, 0.29) is 23.6 Å².